The van der Waals surface area contributed by atoms with E-state index in [9.17, 15) is 0 Å². The molecule has 0 atom stereocenters. The number of benzene rings is 9. The van der Waals surface area contributed by atoms with Crippen molar-refractivity contribution in [1.82, 2.24) is 24.1 Å². The molecule has 58 heavy (non-hydrogen) atoms. The topological polar surface area (TPSA) is 48.5 Å². The van der Waals surface area contributed by atoms with Gasteiger partial charge in [0, 0.05) is 27.1 Å². The van der Waals surface area contributed by atoms with Crippen molar-refractivity contribution < 1.29 is 0 Å². The van der Waals surface area contributed by atoms with Gasteiger partial charge in [-0.2, -0.15) is 15.0 Å². The van der Waals surface area contributed by atoms with Crippen LogP contribution in [-0.4, -0.2) is 24.1 Å². The summed E-state index contributed by atoms with van der Waals surface area (Å²) in [7, 11) is 0. The molecule has 3 heterocycles. The molecular weight excluding hydrogens is 707 g/mol. The van der Waals surface area contributed by atoms with E-state index < -0.39 is 0 Å². The smallest absolute Gasteiger partial charge is 0.240 e. The number of fused-ring (bicyclic) bond motifs is 12. The van der Waals surface area contributed by atoms with Crippen LogP contribution < -0.4 is 0 Å². The van der Waals surface area contributed by atoms with E-state index >= 15 is 0 Å². The molecule has 0 aliphatic rings. The predicted molar refractivity (Wildman–Crippen MR) is 241 cm³/mol. The van der Waals surface area contributed by atoms with Crippen LogP contribution >= 0.6 is 0 Å². The molecule has 0 aliphatic heterocycles. The van der Waals surface area contributed by atoms with Gasteiger partial charge in [-0.25, -0.2) is 0 Å². The first-order chi connectivity index (χ1) is 28.6. The van der Waals surface area contributed by atoms with Crippen molar-refractivity contribution >= 4 is 75.9 Å². The van der Waals surface area contributed by atoms with Crippen LogP contribution in [0.4, 0.5) is 0 Å². The fraction of sp³-hybridized carbons (Fsp3) is 0.0377. The van der Waals surface area contributed by atoms with Crippen LogP contribution in [0.5, 0.6) is 0 Å². The Hall–Kier alpha value is -7.63. The van der Waals surface area contributed by atoms with Gasteiger partial charge in [0.05, 0.1) is 22.1 Å². The van der Waals surface area contributed by atoms with Gasteiger partial charge in [-0.3, -0.25) is 9.13 Å². The lowest BCUT2D eigenvalue weighted by Gasteiger charge is -2.17. The van der Waals surface area contributed by atoms with Crippen molar-refractivity contribution in [3.63, 3.8) is 0 Å². The normalized spacial score (nSPS) is 12.0. The molecule has 0 saturated heterocycles. The number of rotatable bonds is 4. The minimum absolute atomic E-state index is 0.571. The molecule has 12 rings (SSSR count). The summed E-state index contributed by atoms with van der Waals surface area (Å²) in [5, 5.41) is 12.2. The van der Waals surface area contributed by atoms with Gasteiger partial charge < -0.3 is 0 Å². The highest BCUT2D eigenvalue weighted by Gasteiger charge is 2.21. The average molecular weight is 742 g/mol. The Morgan fingerprint density at radius 3 is 1.12 bits per heavy atom. The van der Waals surface area contributed by atoms with Crippen molar-refractivity contribution in [3.05, 3.63) is 187 Å². The number of nitrogens with zero attached hydrogens (tertiary/aromatic N) is 5. The molecule has 0 unspecified atom stereocenters. The Morgan fingerprint density at radius 1 is 0.310 bits per heavy atom. The van der Waals surface area contributed by atoms with E-state index in [0.717, 1.165) is 54.7 Å². The quantitative estimate of drug-likeness (QED) is 0.169. The van der Waals surface area contributed by atoms with E-state index in [-0.39, 0.29) is 0 Å². The summed E-state index contributed by atoms with van der Waals surface area (Å²) in [5.41, 5.74) is 9.88. The second-order valence-electron chi connectivity index (χ2n) is 15.3. The minimum Gasteiger partial charge on any atom is -0.278 e. The largest absolute Gasteiger partial charge is 0.278 e. The zero-order chi connectivity index (χ0) is 38.5. The lowest BCUT2D eigenvalue weighted by molar-refractivity contribution is 0.893. The highest BCUT2D eigenvalue weighted by atomic mass is 15.3. The summed E-state index contributed by atoms with van der Waals surface area (Å²) >= 11 is 0. The molecule has 272 valence electrons. The Balaban J connectivity index is 1.13. The van der Waals surface area contributed by atoms with Gasteiger partial charge in [0.25, 0.3) is 0 Å². The second-order valence-corrected chi connectivity index (χ2v) is 15.3. The summed E-state index contributed by atoms with van der Waals surface area (Å²) in [6.45, 7) is 4.43. The molecule has 0 spiro atoms. The molecule has 0 radical (unpaired) electrons. The molecule has 5 nitrogen and oxygen atoms in total. The molecule has 0 N–H and O–H groups in total. The number of hydrogen-bond donors (Lipinski definition) is 0. The first-order valence-electron chi connectivity index (χ1n) is 19.8. The SMILES string of the molecule is Cc1ccc(-c2nc(-n3c4ccccc4c4ccccc43)nc(-n3c4ccccc4c4ccccc43)n2)cc1-c1cc2c3ccccc3c3ccccc3c2cc1C. The fourth-order valence-corrected chi connectivity index (χ4v) is 9.36. The molecule has 3 aromatic heterocycles. The van der Waals surface area contributed by atoms with Crippen molar-refractivity contribution in [2.75, 3.05) is 0 Å². The highest BCUT2D eigenvalue weighted by molar-refractivity contribution is 6.26. The minimum atomic E-state index is 0.571. The third kappa shape index (κ3) is 4.74. The third-order valence-electron chi connectivity index (χ3n) is 12.0. The Bertz CT molecular complexity index is 3430. The van der Waals surface area contributed by atoms with E-state index in [0.29, 0.717) is 17.7 Å². The molecule has 0 amide bonds. The van der Waals surface area contributed by atoms with E-state index in [4.69, 9.17) is 15.0 Å². The van der Waals surface area contributed by atoms with Gasteiger partial charge in [0.15, 0.2) is 5.82 Å². The Labute approximate surface area is 334 Å². The zero-order valence-corrected chi connectivity index (χ0v) is 32.0. The summed E-state index contributed by atoms with van der Waals surface area (Å²) in [6.07, 6.45) is 0. The first kappa shape index (κ1) is 32.6. The van der Waals surface area contributed by atoms with Crippen molar-refractivity contribution in [2.24, 2.45) is 0 Å². The van der Waals surface area contributed by atoms with Crippen molar-refractivity contribution in [3.8, 4) is 34.4 Å². The predicted octanol–water partition coefficient (Wildman–Crippen LogP) is 13.5. The van der Waals surface area contributed by atoms with E-state index in [2.05, 4.69) is 199 Å². The Morgan fingerprint density at radius 2 is 0.672 bits per heavy atom. The summed E-state index contributed by atoms with van der Waals surface area (Å²) < 4.78 is 4.37. The summed E-state index contributed by atoms with van der Waals surface area (Å²) in [5.74, 6) is 1.75. The number of hydrogen-bond acceptors (Lipinski definition) is 3. The first-order valence-corrected chi connectivity index (χ1v) is 19.8. The van der Waals surface area contributed by atoms with Crippen LogP contribution in [0, 0.1) is 13.8 Å². The third-order valence-corrected chi connectivity index (χ3v) is 12.0. The molecular formula is C53H35N5. The van der Waals surface area contributed by atoms with Gasteiger partial charge in [0.1, 0.15) is 0 Å². The molecule has 0 bridgehead atoms. The maximum Gasteiger partial charge on any atom is 0.240 e. The molecule has 0 fully saturated rings. The maximum absolute atomic E-state index is 5.36. The maximum atomic E-state index is 5.36. The van der Waals surface area contributed by atoms with E-state index in [1.54, 1.807) is 0 Å². The van der Waals surface area contributed by atoms with Crippen molar-refractivity contribution in [1.29, 1.82) is 0 Å². The monoisotopic (exact) mass is 741 g/mol. The van der Waals surface area contributed by atoms with Crippen LogP contribution in [-0.2, 0) is 0 Å². The van der Waals surface area contributed by atoms with E-state index in [1.165, 1.54) is 49.0 Å². The summed E-state index contributed by atoms with van der Waals surface area (Å²) in [4.78, 5) is 16.1. The van der Waals surface area contributed by atoms with Crippen LogP contribution in [0.2, 0.25) is 0 Å². The van der Waals surface area contributed by atoms with Gasteiger partial charge in [0.2, 0.25) is 11.9 Å². The average Bonchev–Trinajstić information content (AvgIpc) is 3.80. The van der Waals surface area contributed by atoms with Gasteiger partial charge >= 0.3 is 0 Å². The molecule has 0 aliphatic carbocycles. The Kier molecular flexibility index (Phi) is 6.99. The van der Waals surface area contributed by atoms with Gasteiger partial charge in [-0.05, 0) is 105 Å². The van der Waals surface area contributed by atoms with Crippen LogP contribution in [0.1, 0.15) is 11.1 Å². The number of aryl methyl sites for hydroxylation is 2. The van der Waals surface area contributed by atoms with Crippen LogP contribution in [0.15, 0.2) is 176 Å². The fourth-order valence-electron chi connectivity index (χ4n) is 9.36. The summed E-state index contributed by atoms with van der Waals surface area (Å²) in [6, 6.07) is 62.9. The molecule has 9 aromatic carbocycles. The van der Waals surface area contributed by atoms with E-state index in [1.807, 2.05) is 0 Å². The number of aromatic nitrogens is 5. The van der Waals surface area contributed by atoms with Crippen molar-refractivity contribution in [2.45, 2.75) is 13.8 Å². The lowest BCUT2D eigenvalue weighted by atomic mass is 9.88. The van der Waals surface area contributed by atoms with Crippen LogP contribution in [0.25, 0.3) is 110 Å². The standard InChI is InChI=1S/C53H35N5/c1-32-27-28-34(30-43(32)44-31-46-38-18-6-4-16-36(38)35-15-3-5-17-37(35)45(46)29-33(44)2)51-54-52(57-47-23-11-7-19-39(47)40-20-8-12-24-48(40)57)56-53(55-51)58-49-25-13-9-21-41(49)42-22-10-14-26-50(42)58/h3-31H,1-2H3. The van der Waals surface area contributed by atoms with Gasteiger partial charge in [-0.1, -0.05) is 140 Å². The second kappa shape index (κ2) is 12.4. The molecule has 5 heteroatoms. The van der Waals surface area contributed by atoms with Gasteiger partial charge in [-0.15, -0.1) is 0 Å². The molecule has 0 saturated carbocycles. The highest BCUT2D eigenvalue weighted by Crippen LogP contribution is 2.41. The van der Waals surface area contributed by atoms with Crippen LogP contribution in [0.3, 0.4) is 0 Å². The zero-order valence-electron chi connectivity index (χ0n) is 32.0. The molecule has 12 aromatic rings. The number of para-hydroxylation sites is 4. The lowest BCUT2D eigenvalue weighted by Crippen LogP contribution is -2.10.